The number of piperidine rings is 1. The number of rotatable bonds is 4. The minimum absolute atomic E-state index is 0.154. The Bertz CT molecular complexity index is 895. The highest BCUT2D eigenvalue weighted by molar-refractivity contribution is 7.19. The molecule has 0 radical (unpaired) electrons. The maximum absolute atomic E-state index is 11.8. The van der Waals surface area contributed by atoms with Gasteiger partial charge in [0.2, 0.25) is 5.28 Å². The fourth-order valence-electron chi connectivity index (χ4n) is 4.35. The molecule has 2 aromatic rings. The largest absolute Gasteiger partial charge is 0.448 e. The van der Waals surface area contributed by atoms with Gasteiger partial charge in [-0.25, -0.2) is 9.78 Å². The van der Waals surface area contributed by atoms with Crippen molar-refractivity contribution < 1.29 is 14.3 Å². The van der Waals surface area contributed by atoms with E-state index < -0.39 is 0 Å². The quantitative estimate of drug-likeness (QED) is 0.681. The summed E-state index contributed by atoms with van der Waals surface area (Å²) in [6.07, 6.45) is 1.83. The normalized spacial score (nSPS) is 21.9. The third kappa shape index (κ3) is 4.01. The second-order valence-electron chi connectivity index (χ2n) is 7.66. The van der Waals surface area contributed by atoms with Crippen LogP contribution in [0.3, 0.4) is 0 Å². The summed E-state index contributed by atoms with van der Waals surface area (Å²) in [6, 6.07) is 2.45. The Morgan fingerprint density at radius 3 is 2.62 bits per heavy atom. The molecule has 8 nitrogen and oxygen atoms in total. The van der Waals surface area contributed by atoms with Gasteiger partial charge in [0, 0.05) is 43.6 Å². The SMILES string of the molecule is O=C1OCCN1C1CCN(Cc2cc3nc(Cl)nc(N4CCOCC4)c3s2)CC1. The van der Waals surface area contributed by atoms with E-state index in [9.17, 15) is 4.79 Å². The Labute approximate surface area is 178 Å². The average molecular weight is 438 g/mol. The van der Waals surface area contributed by atoms with E-state index in [4.69, 9.17) is 21.1 Å². The van der Waals surface area contributed by atoms with Gasteiger partial charge in [-0.3, -0.25) is 4.90 Å². The number of morpholine rings is 1. The molecule has 0 spiro atoms. The highest BCUT2D eigenvalue weighted by Gasteiger charge is 2.32. The van der Waals surface area contributed by atoms with E-state index in [1.807, 2.05) is 4.90 Å². The second-order valence-corrected chi connectivity index (χ2v) is 9.13. The predicted molar refractivity (Wildman–Crippen MR) is 112 cm³/mol. The summed E-state index contributed by atoms with van der Waals surface area (Å²) in [5.41, 5.74) is 0.918. The van der Waals surface area contributed by atoms with Crippen LogP contribution in [0.15, 0.2) is 6.07 Å². The van der Waals surface area contributed by atoms with Crippen molar-refractivity contribution in [2.45, 2.75) is 25.4 Å². The van der Waals surface area contributed by atoms with E-state index in [2.05, 4.69) is 25.8 Å². The molecule has 3 aliphatic heterocycles. The lowest BCUT2D eigenvalue weighted by molar-refractivity contribution is 0.115. The van der Waals surface area contributed by atoms with Gasteiger partial charge in [0.1, 0.15) is 6.61 Å². The van der Waals surface area contributed by atoms with Crippen LogP contribution < -0.4 is 4.90 Å². The lowest BCUT2D eigenvalue weighted by Gasteiger charge is -2.35. The highest BCUT2D eigenvalue weighted by Crippen LogP contribution is 2.34. The number of aromatic nitrogens is 2. The fraction of sp³-hybridized carbons (Fsp3) is 0.632. The minimum atomic E-state index is -0.154. The summed E-state index contributed by atoms with van der Waals surface area (Å²) in [5, 5.41) is 0.293. The molecule has 0 atom stereocenters. The third-order valence-electron chi connectivity index (χ3n) is 5.86. The van der Waals surface area contributed by atoms with Crippen molar-refractivity contribution in [3.05, 3.63) is 16.2 Å². The molecule has 156 valence electrons. The van der Waals surface area contributed by atoms with Crippen molar-refractivity contribution in [1.29, 1.82) is 0 Å². The summed E-state index contributed by atoms with van der Waals surface area (Å²) in [4.78, 5) is 28.6. The Kier molecular flexibility index (Phi) is 5.47. The zero-order chi connectivity index (χ0) is 19.8. The van der Waals surface area contributed by atoms with Crippen LogP contribution in [-0.2, 0) is 16.0 Å². The number of ether oxygens (including phenoxy) is 2. The second kappa shape index (κ2) is 8.22. The Balaban J connectivity index is 1.28. The summed E-state index contributed by atoms with van der Waals surface area (Å²) in [5.74, 6) is 0.922. The number of amides is 1. The molecule has 5 heterocycles. The number of fused-ring (bicyclic) bond motifs is 1. The van der Waals surface area contributed by atoms with Crippen LogP contribution in [0, 0.1) is 0 Å². The van der Waals surface area contributed by atoms with Crippen molar-refractivity contribution in [2.24, 2.45) is 0 Å². The molecule has 29 heavy (non-hydrogen) atoms. The van der Waals surface area contributed by atoms with E-state index in [1.54, 1.807) is 11.3 Å². The number of anilines is 1. The smallest absolute Gasteiger partial charge is 0.410 e. The standard InChI is InChI=1S/C19H24ClN5O3S/c20-18-21-15-11-14(29-16(15)17(22-18)24-5-8-27-9-6-24)12-23-3-1-13(2-4-23)25-7-10-28-19(25)26/h11,13H,1-10,12H2. The van der Waals surface area contributed by atoms with Gasteiger partial charge in [-0.2, -0.15) is 4.98 Å². The number of carbonyl (C=O) groups excluding carboxylic acids is 1. The molecule has 0 aromatic carbocycles. The molecule has 1 amide bonds. The topological polar surface area (TPSA) is 71.0 Å². The van der Waals surface area contributed by atoms with Gasteiger partial charge in [0.05, 0.1) is 30.0 Å². The van der Waals surface area contributed by atoms with E-state index in [0.717, 1.165) is 68.1 Å². The summed E-state index contributed by atoms with van der Waals surface area (Å²) in [7, 11) is 0. The predicted octanol–water partition coefficient (Wildman–Crippen LogP) is 2.60. The average Bonchev–Trinajstić information content (AvgIpc) is 3.34. The molecular formula is C19H24ClN5O3S. The number of hydrogen-bond donors (Lipinski definition) is 0. The molecular weight excluding hydrogens is 414 g/mol. The van der Waals surface area contributed by atoms with Gasteiger partial charge < -0.3 is 19.3 Å². The molecule has 0 saturated carbocycles. The molecule has 0 bridgehead atoms. The monoisotopic (exact) mass is 437 g/mol. The summed E-state index contributed by atoms with van der Waals surface area (Å²) in [6.45, 7) is 7.15. The van der Waals surface area contributed by atoms with Crippen LogP contribution >= 0.6 is 22.9 Å². The van der Waals surface area contributed by atoms with Crippen molar-refractivity contribution in [2.75, 3.05) is 57.4 Å². The Morgan fingerprint density at radius 1 is 1.10 bits per heavy atom. The van der Waals surface area contributed by atoms with Crippen LogP contribution in [-0.4, -0.2) is 84.4 Å². The number of cyclic esters (lactones) is 1. The van der Waals surface area contributed by atoms with E-state index in [-0.39, 0.29) is 6.09 Å². The van der Waals surface area contributed by atoms with Gasteiger partial charge in [-0.15, -0.1) is 11.3 Å². The van der Waals surface area contributed by atoms with Crippen molar-refractivity contribution in [1.82, 2.24) is 19.8 Å². The van der Waals surface area contributed by atoms with Crippen molar-refractivity contribution in [3.63, 3.8) is 0 Å². The number of nitrogens with zero attached hydrogens (tertiary/aromatic N) is 5. The molecule has 10 heteroatoms. The molecule has 0 unspecified atom stereocenters. The van der Waals surface area contributed by atoms with Gasteiger partial charge in [0.15, 0.2) is 5.82 Å². The Morgan fingerprint density at radius 2 is 1.90 bits per heavy atom. The lowest BCUT2D eigenvalue weighted by atomic mass is 10.0. The molecule has 3 saturated heterocycles. The summed E-state index contributed by atoms with van der Waals surface area (Å²) >= 11 is 7.96. The summed E-state index contributed by atoms with van der Waals surface area (Å²) < 4.78 is 11.7. The van der Waals surface area contributed by atoms with Gasteiger partial charge in [0.25, 0.3) is 0 Å². The first kappa shape index (κ1) is 19.3. The van der Waals surface area contributed by atoms with Crippen LogP contribution in [0.2, 0.25) is 5.28 Å². The van der Waals surface area contributed by atoms with E-state index in [1.165, 1.54) is 4.88 Å². The molecule has 0 N–H and O–H groups in total. The van der Waals surface area contributed by atoms with Crippen LogP contribution in [0.4, 0.5) is 10.6 Å². The van der Waals surface area contributed by atoms with E-state index >= 15 is 0 Å². The van der Waals surface area contributed by atoms with Crippen LogP contribution in [0.1, 0.15) is 17.7 Å². The molecule has 0 aliphatic carbocycles. The number of hydrogen-bond acceptors (Lipinski definition) is 8. The highest BCUT2D eigenvalue weighted by atomic mass is 35.5. The first-order valence-electron chi connectivity index (χ1n) is 10.1. The minimum Gasteiger partial charge on any atom is -0.448 e. The van der Waals surface area contributed by atoms with Gasteiger partial charge in [-0.05, 0) is 30.5 Å². The van der Waals surface area contributed by atoms with Crippen LogP contribution in [0.25, 0.3) is 10.2 Å². The molecule has 3 aliphatic rings. The Hall–Kier alpha value is -1.68. The zero-order valence-electron chi connectivity index (χ0n) is 16.2. The first-order valence-corrected chi connectivity index (χ1v) is 11.3. The molecule has 5 rings (SSSR count). The number of likely N-dealkylation sites (tertiary alicyclic amines) is 1. The van der Waals surface area contributed by atoms with Gasteiger partial charge >= 0.3 is 6.09 Å². The molecule has 2 aromatic heterocycles. The number of thiophene rings is 1. The van der Waals surface area contributed by atoms with Crippen molar-refractivity contribution >= 4 is 45.1 Å². The van der Waals surface area contributed by atoms with Gasteiger partial charge in [-0.1, -0.05) is 0 Å². The maximum Gasteiger partial charge on any atom is 0.410 e. The lowest BCUT2D eigenvalue weighted by Crippen LogP contribution is -2.44. The van der Waals surface area contributed by atoms with Crippen molar-refractivity contribution in [3.8, 4) is 0 Å². The first-order chi connectivity index (χ1) is 14.2. The third-order valence-corrected chi connectivity index (χ3v) is 7.13. The zero-order valence-corrected chi connectivity index (χ0v) is 17.8. The number of halogens is 1. The molecule has 3 fully saturated rings. The van der Waals surface area contributed by atoms with E-state index in [0.29, 0.717) is 31.1 Å². The maximum atomic E-state index is 11.8. The number of carbonyl (C=O) groups is 1. The van der Waals surface area contributed by atoms with Crippen LogP contribution in [0.5, 0.6) is 0 Å². The fourth-order valence-corrected chi connectivity index (χ4v) is 5.68.